The second-order valence-electron chi connectivity index (χ2n) is 11.1. The van der Waals surface area contributed by atoms with E-state index < -0.39 is 12.2 Å². The highest BCUT2D eigenvalue weighted by molar-refractivity contribution is 7.22. The second kappa shape index (κ2) is 14.2. The van der Waals surface area contributed by atoms with Crippen LogP contribution in [0.5, 0.6) is 5.75 Å². The molecule has 3 aromatic rings. The number of nitrogen functional groups attached to an aromatic ring is 1. The smallest absolute Gasteiger partial charge is 0.332 e. The number of hydrazine groups is 1. The first-order chi connectivity index (χ1) is 21.3. The van der Waals surface area contributed by atoms with Crippen LogP contribution in [0.4, 0.5) is 9.93 Å². The third-order valence-electron chi connectivity index (χ3n) is 7.95. The van der Waals surface area contributed by atoms with Gasteiger partial charge in [0.15, 0.2) is 5.13 Å². The van der Waals surface area contributed by atoms with Gasteiger partial charge in [0.2, 0.25) is 11.8 Å². The Morgan fingerprint density at radius 3 is 2.70 bits per heavy atom. The number of anilines is 1. The van der Waals surface area contributed by atoms with Crippen LogP contribution in [0.3, 0.4) is 0 Å². The van der Waals surface area contributed by atoms with Crippen molar-refractivity contribution in [1.82, 2.24) is 30.1 Å². The number of rotatable bonds is 13. The number of carbonyl (C=O) groups excluding carboxylic acids is 3. The van der Waals surface area contributed by atoms with Crippen molar-refractivity contribution in [3.8, 4) is 5.75 Å². The number of aliphatic hydroxyl groups excluding tert-OH is 1. The molecule has 4 amide bonds. The van der Waals surface area contributed by atoms with Crippen LogP contribution < -0.4 is 15.8 Å². The number of nitrogens with one attached hydrogen (secondary N) is 1. The van der Waals surface area contributed by atoms with Gasteiger partial charge in [0.05, 0.1) is 29.9 Å². The van der Waals surface area contributed by atoms with Crippen LogP contribution in [0.25, 0.3) is 10.2 Å². The lowest BCUT2D eigenvalue weighted by Crippen LogP contribution is -2.66. The molecule has 1 aromatic heterocycles. The Balaban J connectivity index is 1.46. The Labute approximate surface area is 261 Å². The number of ether oxygens (including phenoxy) is 1. The average molecular weight is 624 g/mol. The molecule has 2 aromatic carbocycles. The monoisotopic (exact) mass is 623 g/mol. The molecule has 236 valence electrons. The number of urea groups is 1. The van der Waals surface area contributed by atoms with E-state index in [-0.39, 0.29) is 44.1 Å². The standard InChI is InChI=1S/C31H41N7O5S/c1-3-5-13-33-31(42)36(14-4-2)37-20-27(40)38-24(17-21-9-11-23(12-10-21)43-16-15-39)29(41)35(19-26(37)38)18-22-7-6-8-25-28(22)34-30(32)44-25/h6-12,24,26,39H,3-5,13-20H2,1-2H3,(H2,32,34)(H,33,42)/t24-,26+/m0/s1. The highest BCUT2D eigenvalue weighted by Gasteiger charge is 2.52. The fourth-order valence-electron chi connectivity index (χ4n) is 5.88. The Bertz CT molecular complexity index is 1470. The zero-order valence-corrected chi connectivity index (χ0v) is 26.1. The van der Waals surface area contributed by atoms with E-state index >= 15 is 0 Å². The van der Waals surface area contributed by atoms with Crippen LogP contribution in [-0.2, 0) is 22.6 Å². The number of carbonyl (C=O) groups is 3. The molecule has 2 atom stereocenters. The summed E-state index contributed by atoms with van der Waals surface area (Å²) in [7, 11) is 0. The van der Waals surface area contributed by atoms with Gasteiger partial charge in [-0.2, -0.15) is 5.01 Å². The molecule has 0 aliphatic carbocycles. The zero-order chi connectivity index (χ0) is 31.2. The van der Waals surface area contributed by atoms with Gasteiger partial charge in [-0.1, -0.05) is 55.9 Å². The maximum Gasteiger partial charge on any atom is 0.332 e. The second-order valence-corrected chi connectivity index (χ2v) is 12.1. The topological polar surface area (TPSA) is 145 Å². The number of para-hydroxylation sites is 1. The van der Waals surface area contributed by atoms with Crippen molar-refractivity contribution in [2.45, 2.75) is 58.3 Å². The van der Waals surface area contributed by atoms with E-state index in [0.717, 1.165) is 34.2 Å². The maximum atomic E-state index is 14.2. The summed E-state index contributed by atoms with van der Waals surface area (Å²) in [5, 5.41) is 16.0. The molecule has 0 saturated carbocycles. The lowest BCUT2D eigenvalue weighted by molar-refractivity contribution is -0.157. The summed E-state index contributed by atoms with van der Waals surface area (Å²) in [5.41, 5.74) is 8.52. The van der Waals surface area contributed by atoms with Gasteiger partial charge in [-0.05, 0) is 42.2 Å². The fraction of sp³-hybridized carbons (Fsp3) is 0.484. The number of piperazine rings is 1. The Hall–Kier alpha value is -3.94. The van der Waals surface area contributed by atoms with Crippen molar-refractivity contribution < 1.29 is 24.2 Å². The predicted octanol–water partition coefficient (Wildman–Crippen LogP) is 2.81. The number of benzene rings is 2. The van der Waals surface area contributed by atoms with Crippen LogP contribution in [0, 0.1) is 0 Å². The van der Waals surface area contributed by atoms with Crippen LogP contribution >= 0.6 is 11.3 Å². The molecule has 13 heteroatoms. The summed E-state index contributed by atoms with van der Waals surface area (Å²) >= 11 is 1.40. The number of aliphatic hydroxyl groups is 1. The van der Waals surface area contributed by atoms with Crippen molar-refractivity contribution >= 4 is 44.5 Å². The van der Waals surface area contributed by atoms with E-state index in [4.69, 9.17) is 15.6 Å². The van der Waals surface area contributed by atoms with Gasteiger partial charge in [-0.15, -0.1) is 0 Å². The minimum absolute atomic E-state index is 0.00955. The number of unbranched alkanes of at least 4 members (excludes halogenated alkanes) is 1. The van der Waals surface area contributed by atoms with Gasteiger partial charge in [-0.25, -0.2) is 9.78 Å². The number of amides is 4. The van der Waals surface area contributed by atoms with Crippen molar-refractivity contribution in [3.63, 3.8) is 0 Å². The summed E-state index contributed by atoms with van der Waals surface area (Å²) in [6, 6.07) is 12.2. The number of thiazole rings is 1. The first-order valence-electron chi connectivity index (χ1n) is 15.2. The maximum absolute atomic E-state index is 14.2. The highest BCUT2D eigenvalue weighted by Crippen LogP contribution is 2.32. The third kappa shape index (κ3) is 6.74. The summed E-state index contributed by atoms with van der Waals surface area (Å²) in [5.74, 6) is 0.264. The van der Waals surface area contributed by atoms with Gasteiger partial charge in [0, 0.05) is 26.1 Å². The normalized spacial score (nSPS) is 18.6. The lowest BCUT2D eigenvalue weighted by atomic mass is 9.99. The largest absolute Gasteiger partial charge is 0.491 e. The van der Waals surface area contributed by atoms with Gasteiger partial charge in [0.1, 0.15) is 24.6 Å². The number of fused-ring (bicyclic) bond motifs is 2. The minimum Gasteiger partial charge on any atom is -0.491 e. The van der Waals surface area contributed by atoms with Crippen molar-refractivity contribution in [2.24, 2.45) is 0 Å². The molecule has 0 radical (unpaired) electrons. The summed E-state index contributed by atoms with van der Waals surface area (Å²) in [4.78, 5) is 49.2. The van der Waals surface area contributed by atoms with Crippen molar-refractivity contribution in [3.05, 3.63) is 53.6 Å². The Kier molecular flexibility index (Phi) is 10.2. The van der Waals surface area contributed by atoms with Crippen LogP contribution in [0.1, 0.15) is 44.2 Å². The molecule has 2 saturated heterocycles. The molecule has 4 N–H and O–H groups in total. The van der Waals surface area contributed by atoms with E-state index in [1.165, 1.54) is 11.3 Å². The summed E-state index contributed by atoms with van der Waals surface area (Å²) < 4.78 is 6.44. The Morgan fingerprint density at radius 1 is 1.18 bits per heavy atom. The fourth-order valence-corrected chi connectivity index (χ4v) is 6.66. The Morgan fingerprint density at radius 2 is 1.98 bits per heavy atom. The van der Waals surface area contributed by atoms with Gasteiger partial charge in [0.25, 0.3) is 0 Å². The van der Waals surface area contributed by atoms with E-state index in [0.29, 0.717) is 43.4 Å². The molecule has 2 aliphatic heterocycles. The molecule has 5 rings (SSSR count). The first kappa shape index (κ1) is 31.5. The molecular formula is C31H41N7O5S. The molecule has 3 heterocycles. The van der Waals surface area contributed by atoms with Crippen LogP contribution in [-0.4, -0.2) is 99.4 Å². The SMILES string of the molecule is CCCCNC(=O)N(CCC)N1CC(=O)N2[C@@H](Cc3ccc(OCCO)cc3)C(=O)N(Cc3cccc4sc(N)nc34)C[C@@H]21. The van der Waals surface area contributed by atoms with E-state index in [2.05, 4.69) is 17.2 Å². The zero-order valence-electron chi connectivity index (χ0n) is 25.3. The van der Waals surface area contributed by atoms with Gasteiger partial charge < -0.3 is 30.7 Å². The van der Waals surface area contributed by atoms with Crippen molar-refractivity contribution in [1.29, 1.82) is 0 Å². The third-order valence-corrected chi connectivity index (χ3v) is 8.80. The number of hydrogen-bond donors (Lipinski definition) is 3. The molecule has 0 spiro atoms. The number of aromatic nitrogens is 1. The number of nitrogens with zero attached hydrogens (tertiary/aromatic N) is 5. The number of nitrogens with two attached hydrogens (primary N) is 1. The van der Waals surface area contributed by atoms with Crippen LogP contribution in [0.2, 0.25) is 0 Å². The quantitative estimate of drug-likeness (QED) is 0.247. The molecule has 0 unspecified atom stereocenters. The average Bonchev–Trinajstić information content (AvgIpc) is 3.56. The van der Waals surface area contributed by atoms with Gasteiger partial charge >= 0.3 is 6.03 Å². The summed E-state index contributed by atoms with van der Waals surface area (Å²) in [6.07, 6.45) is 2.32. The molecule has 0 bridgehead atoms. The molecule has 2 aliphatic rings. The molecule has 44 heavy (non-hydrogen) atoms. The van der Waals surface area contributed by atoms with E-state index in [1.807, 2.05) is 42.3 Å². The molecule has 2 fully saturated rings. The predicted molar refractivity (Wildman–Crippen MR) is 169 cm³/mol. The van der Waals surface area contributed by atoms with E-state index in [9.17, 15) is 14.4 Å². The van der Waals surface area contributed by atoms with Gasteiger partial charge in [-0.3, -0.25) is 14.6 Å². The number of hydrogen-bond acceptors (Lipinski definition) is 9. The summed E-state index contributed by atoms with van der Waals surface area (Å²) in [6.45, 7) is 5.71. The minimum atomic E-state index is -0.762. The molecular weight excluding hydrogens is 582 g/mol. The van der Waals surface area contributed by atoms with E-state index in [1.54, 1.807) is 26.9 Å². The molecule has 12 nitrogen and oxygen atoms in total. The highest BCUT2D eigenvalue weighted by atomic mass is 32.1. The van der Waals surface area contributed by atoms with Crippen LogP contribution in [0.15, 0.2) is 42.5 Å². The lowest BCUT2D eigenvalue weighted by Gasteiger charge is -2.46. The first-order valence-corrected chi connectivity index (χ1v) is 16.0. The van der Waals surface area contributed by atoms with Crippen molar-refractivity contribution in [2.75, 3.05) is 45.1 Å².